The van der Waals surface area contributed by atoms with Gasteiger partial charge < -0.3 is 0 Å². The molecule has 0 bridgehead atoms. The maximum Gasteiger partial charge on any atom is 0.0103 e. The molecular formula is C16H34Si. The molecule has 0 heterocycles. The average molecular weight is 255 g/mol. The molecule has 0 aromatic carbocycles. The van der Waals surface area contributed by atoms with Crippen molar-refractivity contribution in [1.82, 2.24) is 0 Å². The fourth-order valence-corrected chi connectivity index (χ4v) is 3.61. The molecule has 0 saturated carbocycles. The molecule has 2 unspecified atom stereocenters. The summed E-state index contributed by atoms with van der Waals surface area (Å²) < 4.78 is 0. The van der Waals surface area contributed by atoms with E-state index in [0.717, 1.165) is 11.8 Å². The monoisotopic (exact) mass is 254 g/mol. The summed E-state index contributed by atoms with van der Waals surface area (Å²) in [7, 11) is 1.29. The highest BCUT2D eigenvalue weighted by molar-refractivity contribution is 6.14. The Kier molecular flexibility index (Phi) is 8.94. The summed E-state index contributed by atoms with van der Waals surface area (Å²) in [5.74, 6) is 1.61. The lowest BCUT2D eigenvalue weighted by atomic mass is 9.77. The van der Waals surface area contributed by atoms with Crippen molar-refractivity contribution < 1.29 is 0 Å². The van der Waals surface area contributed by atoms with Crippen LogP contribution in [0.5, 0.6) is 0 Å². The fraction of sp³-hybridized carbons (Fsp3) is 0.875. The molecule has 0 aliphatic rings. The SMILES string of the molecule is C=CC(CCC)C(CCCCCC)C(C)(C)[SiH3]. The minimum atomic E-state index is 0.556. The van der Waals surface area contributed by atoms with Crippen LogP contribution in [0.25, 0.3) is 0 Å². The molecule has 0 aliphatic heterocycles. The third-order valence-corrected chi connectivity index (χ3v) is 4.66. The van der Waals surface area contributed by atoms with Crippen LogP contribution in [-0.4, -0.2) is 10.2 Å². The van der Waals surface area contributed by atoms with Crippen LogP contribution in [0.15, 0.2) is 12.7 Å². The third-order valence-electron chi connectivity index (χ3n) is 3.92. The second kappa shape index (κ2) is 8.96. The van der Waals surface area contributed by atoms with Gasteiger partial charge in [-0.2, -0.15) is 0 Å². The van der Waals surface area contributed by atoms with Crippen molar-refractivity contribution in [1.29, 1.82) is 0 Å². The second-order valence-corrected chi connectivity index (χ2v) is 9.09. The first-order chi connectivity index (χ1) is 7.97. The first kappa shape index (κ1) is 17.0. The van der Waals surface area contributed by atoms with Gasteiger partial charge in [-0.05, 0) is 29.7 Å². The molecule has 0 aromatic rings. The predicted molar refractivity (Wildman–Crippen MR) is 84.8 cm³/mol. The van der Waals surface area contributed by atoms with E-state index in [1.807, 2.05) is 0 Å². The molecule has 0 amide bonds. The smallest absolute Gasteiger partial charge is 0.0103 e. The van der Waals surface area contributed by atoms with Crippen LogP contribution in [0.3, 0.4) is 0 Å². The third kappa shape index (κ3) is 7.08. The number of unbranched alkanes of at least 4 members (excludes halogenated alkanes) is 3. The number of rotatable bonds is 10. The summed E-state index contributed by atoms with van der Waals surface area (Å²) in [6, 6.07) is 0. The van der Waals surface area contributed by atoms with Crippen molar-refractivity contribution in [2.75, 3.05) is 0 Å². The van der Waals surface area contributed by atoms with E-state index in [0.29, 0.717) is 5.04 Å². The van der Waals surface area contributed by atoms with E-state index in [1.165, 1.54) is 55.2 Å². The molecule has 0 spiro atoms. The summed E-state index contributed by atoms with van der Waals surface area (Å²) in [6.07, 6.45) is 11.8. The second-order valence-electron chi connectivity index (χ2n) is 6.51. The van der Waals surface area contributed by atoms with E-state index >= 15 is 0 Å². The molecule has 0 fully saturated rings. The highest BCUT2D eigenvalue weighted by Crippen LogP contribution is 2.41. The van der Waals surface area contributed by atoms with Gasteiger partial charge in [-0.15, -0.1) is 6.58 Å². The zero-order chi connectivity index (χ0) is 13.3. The Morgan fingerprint density at radius 1 is 1.06 bits per heavy atom. The van der Waals surface area contributed by atoms with Gasteiger partial charge >= 0.3 is 0 Å². The van der Waals surface area contributed by atoms with Gasteiger partial charge in [-0.1, -0.05) is 65.9 Å². The molecule has 0 aromatic heterocycles. The van der Waals surface area contributed by atoms with Crippen molar-refractivity contribution in [3.63, 3.8) is 0 Å². The summed E-state index contributed by atoms with van der Waals surface area (Å²) in [4.78, 5) is 0. The molecule has 2 atom stereocenters. The largest absolute Gasteiger partial charge is 0.103 e. The molecule has 0 saturated heterocycles. The van der Waals surface area contributed by atoms with Crippen LogP contribution < -0.4 is 0 Å². The van der Waals surface area contributed by atoms with Crippen LogP contribution in [0.2, 0.25) is 5.04 Å². The lowest BCUT2D eigenvalue weighted by Crippen LogP contribution is -2.25. The van der Waals surface area contributed by atoms with E-state index in [2.05, 4.69) is 40.3 Å². The fourth-order valence-electron chi connectivity index (χ4n) is 2.90. The van der Waals surface area contributed by atoms with Crippen LogP contribution in [-0.2, 0) is 0 Å². The topological polar surface area (TPSA) is 0 Å². The summed E-state index contributed by atoms with van der Waals surface area (Å²) in [5, 5.41) is 0.556. The molecule has 0 N–H and O–H groups in total. The average Bonchev–Trinajstić information content (AvgIpc) is 2.25. The predicted octanol–water partition coefficient (Wildman–Crippen LogP) is 4.74. The number of hydrogen-bond acceptors (Lipinski definition) is 0. The maximum atomic E-state index is 4.07. The van der Waals surface area contributed by atoms with Gasteiger partial charge in [0.05, 0.1) is 0 Å². The van der Waals surface area contributed by atoms with Gasteiger partial charge in [0, 0.05) is 10.2 Å². The van der Waals surface area contributed by atoms with Crippen molar-refractivity contribution in [2.24, 2.45) is 11.8 Å². The number of allylic oxidation sites excluding steroid dienone is 1. The summed E-state index contributed by atoms with van der Waals surface area (Å²) in [5.41, 5.74) is 0. The minimum absolute atomic E-state index is 0.556. The maximum absolute atomic E-state index is 4.07. The van der Waals surface area contributed by atoms with Crippen molar-refractivity contribution in [2.45, 2.75) is 77.7 Å². The van der Waals surface area contributed by atoms with E-state index in [4.69, 9.17) is 0 Å². The van der Waals surface area contributed by atoms with Crippen LogP contribution in [0.1, 0.15) is 72.6 Å². The first-order valence-electron chi connectivity index (χ1n) is 7.59. The van der Waals surface area contributed by atoms with Gasteiger partial charge in [-0.25, -0.2) is 0 Å². The zero-order valence-electron chi connectivity index (χ0n) is 12.9. The van der Waals surface area contributed by atoms with Gasteiger partial charge in [0.2, 0.25) is 0 Å². The van der Waals surface area contributed by atoms with E-state index in [-0.39, 0.29) is 0 Å². The van der Waals surface area contributed by atoms with Crippen LogP contribution in [0.4, 0.5) is 0 Å². The van der Waals surface area contributed by atoms with Crippen LogP contribution >= 0.6 is 0 Å². The standard InChI is InChI=1S/C16H34Si/c1-6-9-10-11-13-15(16(4,5)17)14(8-3)12-7-2/h8,14-15H,3,6-7,9-13H2,1-2,4-5,17H3. The summed E-state index contributed by atoms with van der Waals surface area (Å²) >= 11 is 0. The Bertz CT molecular complexity index is 190. The van der Waals surface area contributed by atoms with Crippen LogP contribution in [0, 0.1) is 11.8 Å². The highest BCUT2D eigenvalue weighted by Gasteiger charge is 2.29. The quantitative estimate of drug-likeness (QED) is 0.300. The Hall–Kier alpha value is -0.0431. The van der Waals surface area contributed by atoms with Crippen molar-refractivity contribution in [3.8, 4) is 0 Å². The van der Waals surface area contributed by atoms with E-state index < -0.39 is 0 Å². The lowest BCUT2D eigenvalue weighted by Gasteiger charge is -2.36. The van der Waals surface area contributed by atoms with Gasteiger partial charge in [0.15, 0.2) is 0 Å². The molecule has 1 heteroatoms. The molecule has 0 rings (SSSR count). The first-order valence-corrected chi connectivity index (χ1v) is 8.59. The summed E-state index contributed by atoms with van der Waals surface area (Å²) in [6.45, 7) is 13.6. The minimum Gasteiger partial charge on any atom is -0.103 e. The van der Waals surface area contributed by atoms with E-state index in [9.17, 15) is 0 Å². The molecule has 17 heavy (non-hydrogen) atoms. The lowest BCUT2D eigenvalue weighted by molar-refractivity contribution is 0.270. The molecule has 0 nitrogen and oxygen atoms in total. The van der Waals surface area contributed by atoms with Gasteiger partial charge in [-0.3, -0.25) is 0 Å². The Balaban J connectivity index is 4.36. The van der Waals surface area contributed by atoms with Crippen molar-refractivity contribution in [3.05, 3.63) is 12.7 Å². The van der Waals surface area contributed by atoms with Gasteiger partial charge in [0.1, 0.15) is 0 Å². The van der Waals surface area contributed by atoms with E-state index in [1.54, 1.807) is 0 Å². The number of hydrogen-bond donors (Lipinski definition) is 0. The molecule has 0 radical (unpaired) electrons. The van der Waals surface area contributed by atoms with Gasteiger partial charge in [0.25, 0.3) is 0 Å². The zero-order valence-corrected chi connectivity index (χ0v) is 14.9. The molecular weight excluding hydrogens is 220 g/mol. The normalized spacial score (nSPS) is 15.8. The molecule has 0 aliphatic carbocycles. The Labute approximate surface area is 113 Å². The highest BCUT2D eigenvalue weighted by atomic mass is 28.1. The Morgan fingerprint density at radius 3 is 2.12 bits per heavy atom. The molecule has 102 valence electrons. The Morgan fingerprint density at radius 2 is 1.71 bits per heavy atom. The van der Waals surface area contributed by atoms with Crippen molar-refractivity contribution >= 4 is 10.2 Å².